The lowest BCUT2D eigenvalue weighted by molar-refractivity contribution is 0.341. The van der Waals surface area contributed by atoms with E-state index < -0.39 is 0 Å². The molecule has 120 valence electrons. The van der Waals surface area contributed by atoms with Crippen LogP contribution in [0.15, 0.2) is 53.1 Å². The zero-order valence-corrected chi connectivity index (χ0v) is 13.7. The second kappa shape index (κ2) is 5.98. The van der Waals surface area contributed by atoms with Crippen molar-refractivity contribution in [3.8, 4) is 33.7 Å². The number of benzene rings is 2. The molecule has 1 N–H and O–H groups in total. The Morgan fingerprint density at radius 3 is 2.75 bits per heavy atom. The van der Waals surface area contributed by atoms with E-state index in [2.05, 4.69) is 10.1 Å². The Labute approximate surface area is 142 Å². The predicted molar refractivity (Wildman–Crippen MR) is 93.4 cm³/mol. The molecule has 0 unspecified atom stereocenters. The third-order valence-corrected chi connectivity index (χ3v) is 4.77. The fourth-order valence-electron chi connectivity index (χ4n) is 2.53. The summed E-state index contributed by atoms with van der Waals surface area (Å²) in [6.07, 6.45) is 0. The number of hydrogen-bond donors (Lipinski definition) is 1. The van der Waals surface area contributed by atoms with E-state index in [1.807, 2.05) is 55.5 Å². The molecule has 5 nitrogen and oxygen atoms in total. The van der Waals surface area contributed by atoms with E-state index in [1.54, 1.807) is 0 Å². The van der Waals surface area contributed by atoms with Crippen LogP contribution in [-0.2, 0) is 0 Å². The van der Waals surface area contributed by atoms with Crippen molar-refractivity contribution in [2.24, 2.45) is 0 Å². The highest BCUT2D eigenvalue weighted by molar-refractivity contribution is 7.22. The summed E-state index contributed by atoms with van der Waals surface area (Å²) in [5.74, 6) is 1.61. The van der Waals surface area contributed by atoms with Crippen molar-refractivity contribution >= 4 is 21.4 Å². The average molecular weight is 338 g/mol. The molecule has 0 aliphatic heterocycles. The Balaban J connectivity index is 1.79. The van der Waals surface area contributed by atoms with Gasteiger partial charge in [0.25, 0.3) is 5.89 Å². The van der Waals surface area contributed by atoms with E-state index in [9.17, 15) is 5.11 Å². The second-order valence-electron chi connectivity index (χ2n) is 5.13. The van der Waals surface area contributed by atoms with Gasteiger partial charge in [0.05, 0.1) is 12.2 Å². The second-order valence-corrected chi connectivity index (χ2v) is 6.18. The maximum absolute atomic E-state index is 10.4. The molecule has 4 rings (SSSR count). The Morgan fingerprint density at radius 2 is 1.92 bits per heavy atom. The summed E-state index contributed by atoms with van der Waals surface area (Å²) in [7, 11) is 0. The highest BCUT2D eigenvalue weighted by Crippen LogP contribution is 2.43. The van der Waals surface area contributed by atoms with Gasteiger partial charge in [-0.2, -0.15) is 4.98 Å². The zero-order valence-electron chi connectivity index (χ0n) is 12.9. The normalized spacial score (nSPS) is 11.0. The molecular weight excluding hydrogens is 324 g/mol. The number of aromatic hydroxyl groups is 1. The first kappa shape index (κ1) is 14.7. The smallest absolute Gasteiger partial charge is 0.272 e. The number of fused-ring (bicyclic) bond motifs is 1. The molecule has 0 saturated heterocycles. The van der Waals surface area contributed by atoms with E-state index in [0.717, 1.165) is 15.6 Å². The van der Waals surface area contributed by atoms with E-state index in [1.165, 1.54) is 11.3 Å². The standard InChI is InChI=1S/C18H14N2O3S/c1-2-22-13-9-5-3-7-11(13)17-19-18(23-20-17)16-15(21)12-8-4-6-10-14(12)24-16/h3-10,21H,2H2,1H3. The SMILES string of the molecule is CCOc1ccccc1-c1noc(-c2sc3ccccc3c2O)n1. The van der Waals surface area contributed by atoms with Crippen LogP contribution in [0.5, 0.6) is 11.5 Å². The van der Waals surface area contributed by atoms with Crippen LogP contribution in [0.25, 0.3) is 32.2 Å². The first-order valence-corrected chi connectivity index (χ1v) is 8.36. The van der Waals surface area contributed by atoms with E-state index in [4.69, 9.17) is 9.26 Å². The number of rotatable bonds is 4. The number of ether oxygens (including phenoxy) is 1. The minimum atomic E-state index is 0.170. The van der Waals surface area contributed by atoms with E-state index in [0.29, 0.717) is 28.9 Å². The molecule has 0 bridgehead atoms. The average Bonchev–Trinajstić information content (AvgIpc) is 3.21. The lowest BCUT2D eigenvalue weighted by atomic mass is 10.2. The molecule has 0 fully saturated rings. The van der Waals surface area contributed by atoms with Gasteiger partial charge in [-0.3, -0.25) is 0 Å². The van der Waals surface area contributed by atoms with Crippen LogP contribution in [0.1, 0.15) is 6.92 Å². The van der Waals surface area contributed by atoms with E-state index in [-0.39, 0.29) is 5.75 Å². The molecule has 0 atom stereocenters. The summed E-state index contributed by atoms with van der Waals surface area (Å²) in [6, 6.07) is 15.2. The molecule has 24 heavy (non-hydrogen) atoms. The Bertz CT molecular complexity index is 1010. The number of thiophene rings is 1. The van der Waals surface area contributed by atoms with Crippen LogP contribution >= 0.6 is 11.3 Å². The van der Waals surface area contributed by atoms with Gasteiger partial charge in [-0.25, -0.2) is 0 Å². The number of para-hydroxylation sites is 1. The Kier molecular flexibility index (Phi) is 3.66. The highest BCUT2D eigenvalue weighted by Gasteiger charge is 2.20. The predicted octanol–water partition coefficient (Wildman–Crippen LogP) is 4.72. The molecule has 0 amide bonds. The third-order valence-electron chi connectivity index (χ3n) is 3.62. The summed E-state index contributed by atoms with van der Waals surface area (Å²) in [5.41, 5.74) is 0.759. The van der Waals surface area contributed by atoms with Gasteiger partial charge in [0.15, 0.2) is 0 Å². The highest BCUT2D eigenvalue weighted by atomic mass is 32.1. The molecule has 2 aromatic carbocycles. The van der Waals surface area contributed by atoms with Gasteiger partial charge in [0.1, 0.15) is 16.4 Å². The lowest BCUT2D eigenvalue weighted by Crippen LogP contribution is -1.94. The summed E-state index contributed by atoms with van der Waals surface area (Å²) < 4.78 is 12.0. The topological polar surface area (TPSA) is 68.4 Å². The summed E-state index contributed by atoms with van der Waals surface area (Å²) in [6.45, 7) is 2.48. The van der Waals surface area contributed by atoms with Gasteiger partial charge in [0.2, 0.25) is 5.82 Å². The first-order chi connectivity index (χ1) is 11.8. The van der Waals surface area contributed by atoms with Crippen molar-refractivity contribution in [1.29, 1.82) is 0 Å². The molecular formula is C18H14N2O3S. The third kappa shape index (κ3) is 2.41. The van der Waals surface area contributed by atoms with Crippen LogP contribution in [-0.4, -0.2) is 21.9 Å². The van der Waals surface area contributed by atoms with Gasteiger partial charge in [0, 0.05) is 10.1 Å². The molecule has 2 heterocycles. The Morgan fingerprint density at radius 1 is 1.12 bits per heavy atom. The molecule has 0 radical (unpaired) electrons. The summed E-state index contributed by atoms with van der Waals surface area (Å²) in [5, 5.41) is 15.3. The van der Waals surface area contributed by atoms with Crippen molar-refractivity contribution in [2.75, 3.05) is 6.61 Å². The van der Waals surface area contributed by atoms with Gasteiger partial charge in [-0.15, -0.1) is 11.3 Å². The van der Waals surface area contributed by atoms with Crippen molar-refractivity contribution < 1.29 is 14.4 Å². The quantitative estimate of drug-likeness (QED) is 0.583. The largest absolute Gasteiger partial charge is 0.506 e. The van der Waals surface area contributed by atoms with Crippen LogP contribution in [0.3, 0.4) is 0 Å². The molecule has 2 aromatic heterocycles. The van der Waals surface area contributed by atoms with Crippen LogP contribution < -0.4 is 4.74 Å². The van der Waals surface area contributed by atoms with Crippen LogP contribution in [0.2, 0.25) is 0 Å². The summed E-state index contributed by atoms with van der Waals surface area (Å²) in [4.78, 5) is 5.02. The molecule has 6 heteroatoms. The number of aromatic nitrogens is 2. The minimum absolute atomic E-state index is 0.170. The molecule has 0 saturated carbocycles. The van der Waals surface area contributed by atoms with Crippen LogP contribution in [0.4, 0.5) is 0 Å². The number of nitrogens with zero attached hydrogens (tertiary/aromatic N) is 2. The van der Waals surface area contributed by atoms with Gasteiger partial charge >= 0.3 is 0 Å². The minimum Gasteiger partial charge on any atom is -0.506 e. The van der Waals surface area contributed by atoms with Crippen LogP contribution in [0, 0.1) is 0 Å². The lowest BCUT2D eigenvalue weighted by Gasteiger charge is -2.05. The fraction of sp³-hybridized carbons (Fsp3) is 0.111. The van der Waals surface area contributed by atoms with Crippen molar-refractivity contribution in [3.05, 3.63) is 48.5 Å². The first-order valence-electron chi connectivity index (χ1n) is 7.54. The fourth-order valence-corrected chi connectivity index (χ4v) is 3.55. The molecule has 4 aromatic rings. The van der Waals surface area contributed by atoms with E-state index >= 15 is 0 Å². The monoisotopic (exact) mass is 338 g/mol. The van der Waals surface area contributed by atoms with Crippen molar-refractivity contribution in [3.63, 3.8) is 0 Å². The maximum Gasteiger partial charge on any atom is 0.272 e. The van der Waals surface area contributed by atoms with Gasteiger partial charge < -0.3 is 14.4 Å². The molecule has 0 aliphatic rings. The van der Waals surface area contributed by atoms with Gasteiger partial charge in [-0.1, -0.05) is 29.4 Å². The number of hydrogen-bond acceptors (Lipinski definition) is 6. The molecule has 0 spiro atoms. The Hall–Kier alpha value is -2.86. The molecule has 0 aliphatic carbocycles. The summed E-state index contributed by atoms with van der Waals surface area (Å²) >= 11 is 1.42. The zero-order chi connectivity index (χ0) is 16.5. The maximum atomic E-state index is 10.4. The van der Waals surface area contributed by atoms with Crippen molar-refractivity contribution in [1.82, 2.24) is 10.1 Å². The van der Waals surface area contributed by atoms with Crippen molar-refractivity contribution in [2.45, 2.75) is 6.92 Å². The van der Waals surface area contributed by atoms with Gasteiger partial charge in [-0.05, 0) is 31.2 Å².